The van der Waals surface area contributed by atoms with Gasteiger partial charge in [-0.3, -0.25) is 14.5 Å². The van der Waals surface area contributed by atoms with E-state index in [9.17, 15) is 9.59 Å². The third kappa shape index (κ3) is 4.22. The molecule has 2 saturated heterocycles. The van der Waals surface area contributed by atoms with Gasteiger partial charge in [-0.15, -0.1) is 0 Å². The number of carbonyl (C=O) groups excluding carboxylic acids is 2. The van der Waals surface area contributed by atoms with Crippen molar-refractivity contribution < 1.29 is 14.3 Å². The maximum Gasteiger partial charge on any atom is 0.237 e. The molecule has 2 amide bonds. The summed E-state index contributed by atoms with van der Waals surface area (Å²) in [4.78, 5) is 29.7. The van der Waals surface area contributed by atoms with Crippen molar-refractivity contribution in [3.63, 3.8) is 0 Å². The van der Waals surface area contributed by atoms with Crippen LogP contribution in [0, 0.1) is 11.8 Å². The first-order valence-corrected chi connectivity index (χ1v) is 10.6. The smallest absolute Gasteiger partial charge is 0.237 e. The number of ether oxygens (including phenoxy) is 1. The van der Waals surface area contributed by atoms with E-state index < -0.39 is 0 Å². The molecule has 2 unspecified atom stereocenters. The Kier molecular flexibility index (Phi) is 5.79. The van der Waals surface area contributed by atoms with Crippen LogP contribution in [0.15, 0.2) is 0 Å². The molecule has 146 valence electrons. The normalized spacial score (nSPS) is 29.1. The van der Waals surface area contributed by atoms with Crippen LogP contribution in [0.25, 0.3) is 0 Å². The zero-order valence-corrected chi connectivity index (χ0v) is 15.8. The molecule has 1 N–H and O–H groups in total. The van der Waals surface area contributed by atoms with Crippen molar-refractivity contribution >= 4 is 11.8 Å². The van der Waals surface area contributed by atoms with Crippen molar-refractivity contribution in [2.75, 3.05) is 39.3 Å². The lowest BCUT2D eigenvalue weighted by Gasteiger charge is -2.41. The molecule has 2 heterocycles. The van der Waals surface area contributed by atoms with E-state index in [1.54, 1.807) is 0 Å². The number of piperazine rings is 1. The lowest BCUT2D eigenvalue weighted by Crippen LogP contribution is -2.58. The number of carbonyl (C=O) groups is 2. The molecule has 0 aromatic rings. The molecule has 26 heavy (non-hydrogen) atoms. The molecule has 2 aliphatic heterocycles. The molecule has 0 bridgehead atoms. The lowest BCUT2D eigenvalue weighted by molar-refractivity contribution is -0.136. The maximum absolute atomic E-state index is 13.0. The van der Waals surface area contributed by atoms with Crippen LogP contribution in [-0.4, -0.2) is 73.1 Å². The second kappa shape index (κ2) is 8.26. The topological polar surface area (TPSA) is 61.9 Å². The van der Waals surface area contributed by atoms with E-state index in [0.29, 0.717) is 24.3 Å². The van der Waals surface area contributed by atoms with Gasteiger partial charge in [0, 0.05) is 45.2 Å². The molecular formula is C20H33N3O3. The van der Waals surface area contributed by atoms with E-state index in [-0.39, 0.29) is 18.1 Å². The van der Waals surface area contributed by atoms with Gasteiger partial charge in [0.05, 0.1) is 12.1 Å². The molecule has 4 fully saturated rings. The van der Waals surface area contributed by atoms with Crippen LogP contribution in [0.2, 0.25) is 0 Å². The summed E-state index contributed by atoms with van der Waals surface area (Å²) in [5, 5.41) is 3.17. The molecule has 4 rings (SSSR count). The SMILES string of the molecule is O=C(NCC1CCCO1)C(C1CCCC1)N1CCN(C(=O)C2CC2)CC1. The molecule has 4 aliphatic rings. The van der Waals surface area contributed by atoms with Gasteiger partial charge in [-0.05, 0) is 44.4 Å². The van der Waals surface area contributed by atoms with Crippen molar-refractivity contribution in [3.05, 3.63) is 0 Å². The Morgan fingerprint density at radius 3 is 2.31 bits per heavy atom. The number of hydrogen-bond acceptors (Lipinski definition) is 4. The maximum atomic E-state index is 13.0. The molecule has 0 spiro atoms. The van der Waals surface area contributed by atoms with Crippen molar-refractivity contribution in [1.29, 1.82) is 0 Å². The first kappa shape index (κ1) is 18.2. The average Bonchev–Trinajstić information content (AvgIpc) is 3.14. The second-order valence-electron chi connectivity index (χ2n) is 8.51. The number of nitrogens with one attached hydrogen (secondary N) is 1. The highest BCUT2D eigenvalue weighted by atomic mass is 16.5. The second-order valence-corrected chi connectivity index (χ2v) is 8.51. The summed E-state index contributed by atoms with van der Waals surface area (Å²) in [5.74, 6) is 1.27. The van der Waals surface area contributed by atoms with Crippen LogP contribution in [0.4, 0.5) is 0 Å². The summed E-state index contributed by atoms with van der Waals surface area (Å²) < 4.78 is 5.65. The number of hydrogen-bond donors (Lipinski definition) is 1. The van der Waals surface area contributed by atoms with Gasteiger partial charge in [-0.25, -0.2) is 0 Å². The minimum Gasteiger partial charge on any atom is -0.376 e. The molecule has 6 nitrogen and oxygen atoms in total. The summed E-state index contributed by atoms with van der Waals surface area (Å²) in [6, 6.07) is -0.0305. The zero-order valence-electron chi connectivity index (χ0n) is 15.8. The van der Waals surface area contributed by atoms with E-state index in [0.717, 1.165) is 71.3 Å². The number of amides is 2. The highest BCUT2D eigenvalue weighted by Gasteiger charge is 2.39. The third-order valence-corrected chi connectivity index (χ3v) is 6.59. The van der Waals surface area contributed by atoms with Gasteiger partial charge in [-0.2, -0.15) is 0 Å². The highest BCUT2D eigenvalue weighted by Crippen LogP contribution is 2.33. The van der Waals surface area contributed by atoms with E-state index in [4.69, 9.17) is 4.74 Å². The van der Waals surface area contributed by atoms with Gasteiger partial charge in [0.15, 0.2) is 0 Å². The van der Waals surface area contributed by atoms with Crippen LogP contribution in [-0.2, 0) is 14.3 Å². The van der Waals surface area contributed by atoms with Gasteiger partial charge in [0.25, 0.3) is 0 Å². The van der Waals surface area contributed by atoms with Crippen LogP contribution in [0.1, 0.15) is 51.4 Å². The van der Waals surface area contributed by atoms with Gasteiger partial charge < -0.3 is 15.0 Å². The van der Waals surface area contributed by atoms with Crippen molar-refractivity contribution in [2.24, 2.45) is 11.8 Å². The molecule has 6 heteroatoms. The summed E-state index contributed by atoms with van der Waals surface area (Å²) in [5.41, 5.74) is 0. The lowest BCUT2D eigenvalue weighted by atomic mass is 9.95. The van der Waals surface area contributed by atoms with Crippen molar-refractivity contribution in [3.8, 4) is 0 Å². The van der Waals surface area contributed by atoms with Gasteiger partial charge in [-0.1, -0.05) is 12.8 Å². The number of nitrogens with zero attached hydrogens (tertiary/aromatic N) is 2. The number of rotatable bonds is 6. The van der Waals surface area contributed by atoms with Crippen LogP contribution in [0.5, 0.6) is 0 Å². The van der Waals surface area contributed by atoms with Gasteiger partial charge >= 0.3 is 0 Å². The Balaban J connectivity index is 1.33. The third-order valence-electron chi connectivity index (χ3n) is 6.59. The fraction of sp³-hybridized carbons (Fsp3) is 0.900. The van der Waals surface area contributed by atoms with Crippen LogP contribution < -0.4 is 5.32 Å². The van der Waals surface area contributed by atoms with Crippen LogP contribution >= 0.6 is 0 Å². The van der Waals surface area contributed by atoms with E-state index >= 15 is 0 Å². The fourth-order valence-corrected chi connectivity index (χ4v) is 4.88. The predicted octanol–water partition coefficient (Wildman–Crippen LogP) is 1.39. The Morgan fingerprint density at radius 1 is 0.962 bits per heavy atom. The zero-order chi connectivity index (χ0) is 17.9. The standard InChI is InChI=1S/C20H33N3O3/c24-19(21-14-17-6-3-13-26-17)18(15-4-1-2-5-15)22-9-11-23(12-10-22)20(25)16-7-8-16/h15-18H,1-14H2,(H,21,24). The van der Waals surface area contributed by atoms with E-state index in [2.05, 4.69) is 10.2 Å². The van der Waals surface area contributed by atoms with Crippen LogP contribution in [0.3, 0.4) is 0 Å². The summed E-state index contributed by atoms with van der Waals surface area (Å²) in [6.07, 6.45) is 9.25. The Labute approximate surface area is 156 Å². The molecular weight excluding hydrogens is 330 g/mol. The molecule has 2 aliphatic carbocycles. The van der Waals surface area contributed by atoms with Crippen molar-refractivity contribution in [1.82, 2.24) is 15.1 Å². The van der Waals surface area contributed by atoms with E-state index in [1.807, 2.05) is 4.90 Å². The van der Waals surface area contributed by atoms with Gasteiger partial charge in [0.1, 0.15) is 0 Å². The highest BCUT2D eigenvalue weighted by molar-refractivity contribution is 5.83. The first-order chi connectivity index (χ1) is 12.7. The largest absolute Gasteiger partial charge is 0.376 e. The predicted molar refractivity (Wildman–Crippen MR) is 98.6 cm³/mol. The summed E-state index contributed by atoms with van der Waals surface area (Å²) in [6.45, 7) is 4.67. The molecule has 2 atom stereocenters. The summed E-state index contributed by atoms with van der Waals surface area (Å²) >= 11 is 0. The molecule has 0 aromatic heterocycles. The van der Waals surface area contributed by atoms with E-state index in [1.165, 1.54) is 12.8 Å². The Bertz CT molecular complexity index is 502. The minimum absolute atomic E-state index is 0.0305. The molecule has 0 radical (unpaired) electrons. The van der Waals surface area contributed by atoms with Crippen molar-refractivity contribution in [2.45, 2.75) is 63.5 Å². The molecule has 2 saturated carbocycles. The minimum atomic E-state index is -0.0305. The summed E-state index contributed by atoms with van der Waals surface area (Å²) in [7, 11) is 0. The Hall–Kier alpha value is -1.14. The quantitative estimate of drug-likeness (QED) is 0.775. The Morgan fingerprint density at radius 2 is 1.69 bits per heavy atom. The van der Waals surface area contributed by atoms with Gasteiger partial charge in [0.2, 0.25) is 11.8 Å². The fourth-order valence-electron chi connectivity index (χ4n) is 4.88. The molecule has 0 aromatic carbocycles. The average molecular weight is 364 g/mol. The first-order valence-electron chi connectivity index (χ1n) is 10.6. The monoisotopic (exact) mass is 363 g/mol.